The third-order valence-electron chi connectivity index (χ3n) is 2.53. The molecule has 0 radical (unpaired) electrons. The lowest BCUT2D eigenvalue weighted by Gasteiger charge is -2.16. The van der Waals surface area contributed by atoms with E-state index in [1.54, 1.807) is 26.0 Å². The molecule has 2 rings (SSSR count). The minimum absolute atomic E-state index is 0.0505. The molecule has 16 heavy (non-hydrogen) atoms. The van der Waals surface area contributed by atoms with Crippen molar-refractivity contribution in [3.05, 3.63) is 29.8 Å². The molecule has 3 heteroatoms. The summed E-state index contributed by atoms with van der Waals surface area (Å²) in [4.78, 5) is 11.8. The van der Waals surface area contributed by atoms with Gasteiger partial charge < -0.3 is 10.5 Å². The monoisotopic (exact) mass is 219 g/mol. The van der Waals surface area contributed by atoms with Gasteiger partial charge in [-0.05, 0) is 51.0 Å². The number of benzene rings is 1. The van der Waals surface area contributed by atoms with Crippen LogP contribution in [0.2, 0.25) is 0 Å². The number of ether oxygens (including phenoxy) is 1. The summed E-state index contributed by atoms with van der Waals surface area (Å²) in [5.41, 5.74) is 5.57. The van der Waals surface area contributed by atoms with Crippen molar-refractivity contribution in [3.63, 3.8) is 0 Å². The van der Waals surface area contributed by atoms with Crippen molar-refractivity contribution in [2.24, 2.45) is 5.73 Å². The van der Waals surface area contributed by atoms with Crippen LogP contribution in [-0.2, 0) is 0 Å². The first-order valence-corrected chi connectivity index (χ1v) is 5.57. The van der Waals surface area contributed by atoms with Crippen LogP contribution in [0.4, 0.5) is 0 Å². The minimum Gasteiger partial charge on any atom is -0.490 e. The predicted molar refractivity (Wildman–Crippen MR) is 62.7 cm³/mol. The first kappa shape index (κ1) is 11.1. The van der Waals surface area contributed by atoms with Crippen LogP contribution >= 0.6 is 0 Å². The average molecular weight is 219 g/mol. The minimum atomic E-state index is -0.821. The van der Waals surface area contributed by atoms with E-state index in [2.05, 4.69) is 0 Å². The molecule has 0 amide bonds. The molecule has 0 heterocycles. The molecular weight excluding hydrogens is 202 g/mol. The topological polar surface area (TPSA) is 52.3 Å². The van der Waals surface area contributed by atoms with Crippen molar-refractivity contribution in [2.45, 2.75) is 38.3 Å². The van der Waals surface area contributed by atoms with Crippen molar-refractivity contribution in [1.82, 2.24) is 0 Å². The van der Waals surface area contributed by atoms with E-state index < -0.39 is 5.54 Å². The molecule has 1 aromatic carbocycles. The van der Waals surface area contributed by atoms with Gasteiger partial charge in [-0.2, -0.15) is 0 Å². The van der Waals surface area contributed by atoms with E-state index in [9.17, 15) is 4.79 Å². The van der Waals surface area contributed by atoms with Gasteiger partial charge in [-0.1, -0.05) is 0 Å². The third kappa shape index (κ3) is 2.61. The largest absolute Gasteiger partial charge is 0.490 e. The molecule has 0 atom stereocenters. The summed E-state index contributed by atoms with van der Waals surface area (Å²) in [6.07, 6.45) is 2.65. The standard InChI is InChI=1S/C13H17NO2/c1-13(2,14)12(15)9-3-5-10(6-4-9)16-11-7-8-11/h3-6,11H,7-8,14H2,1-2H3. The number of nitrogens with two attached hydrogens (primary N) is 1. The highest BCUT2D eigenvalue weighted by molar-refractivity contribution is 6.02. The van der Waals surface area contributed by atoms with Crippen LogP contribution in [0.5, 0.6) is 5.75 Å². The Bertz CT molecular complexity index is 385. The van der Waals surface area contributed by atoms with Gasteiger partial charge in [-0.15, -0.1) is 0 Å². The van der Waals surface area contributed by atoms with Crippen LogP contribution in [0.15, 0.2) is 24.3 Å². The molecule has 0 spiro atoms. The molecule has 1 aromatic rings. The lowest BCUT2D eigenvalue weighted by Crippen LogP contribution is -2.41. The molecule has 0 aliphatic heterocycles. The fraction of sp³-hybridized carbons (Fsp3) is 0.462. The first-order valence-electron chi connectivity index (χ1n) is 5.57. The molecule has 0 aromatic heterocycles. The van der Waals surface area contributed by atoms with Gasteiger partial charge in [-0.25, -0.2) is 0 Å². The van der Waals surface area contributed by atoms with E-state index in [4.69, 9.17) is 10.5 Å². The maximum atomic E-state index is 11.8. The Morgan fingerprint density at radius 1 is 1.31 bits per heavy atom. The Balaban J connectivity index is 2.09. The van der Waals surface area contributed by atoms with Crippen LogP contribution in [0.25, 0.3) is 0 Å². The lowest BCUT2D eigenvalue weighted by molar-refractivity contribution is 0.0913. The van der Waals surface area contributed by atoms with Crippen molar-refractivity contribution >= 4 is 5.78 Å². The lowest BCUT2D eigenvalue weighted by atomic mass is 9.94. The highest BCUT2D eigenvalue weighted by atomic mass is 16.5. The second-order valence-electron chi connectivity index (χ2n) is 4.89. The second kappa shape index (κ2) is 3.91. The Hall–Kier alpha value is -1.35. The van der Waals surface area contributed by atoms with E-state index in [0.29, 0.717) is 11.7 Å². The van der Waals surface area contributed by atoms with E-state index >= 15 is 0 Å². The van der Waals surface area contributed by atoms with Gasteiger partial charge in [0.15, 0.2) is 5.78 Å². The SMILES string of the molecule is CC(C)(N)C(=O)c1ccc(OC2CC2)cc1. The zero-order valence-corrected chi connectivity index (χ0v) is 9.69. The summed E-state index contributed by atoms with van der Waals surface area (Å²) >= 11 is 0. The summed E-state index contributed by atoms with van der Waals surface area (Å²) < 4.78 is 5.60. The van der Waals surface area contributed by atoms with E-state index in [1.807, 2.05) is 12.1 Å². The maximum absolute atomic E-state index is 11.8. The number of ketones is 1. The number of hydrogen-bond acceptors (Lipinski definition) is 3. The quantitative estimate of drug-likeness (QED) is 0.789. The van der Waals surface area contributed by atoms with Crippen molar-refractivity contribution in [3.8, 4) is 5.75 Å². The molecule has 86 valence electrons. The molecule has 1 saturated carbocycles. The Morgan fingerprint density at radius 3 is 2.31 bits per heavy atom. The van der Waals surface area contributed by atoms with E-state index in [-0.39, 0.29) is 5.78 Å². The fourth-order valence-electron chi connectivity index (χ4n) is 1.44. The summed E-state index contributed by atoms with van der Waals surface area (Å²) in [6.45, 7) is 3.42. The molecule has 0 bridgehead atoms. The van der Waals surface area contributed by atoms with Crippen LogP contribution in [0.3, 0.4) is 0 Å². The molecule has 0 saturated heterocycles. The molecule has 2 N–H and O–H groups in total. The Kier molecular flexibility index (Phi) is 2.72. The van der Waals surface area contributed by atoms with Crippen molar-refractivity contribution < 1.29 is 9.53 Å². The maximum Gasteiger partial charge on any atom is 0.182 e. The van der Waals surface area contributed by atoms with Gasteiger partial charge in [0.05, 0.1) is 11.6 Å². The number of hydrogen-bond donors (Lipinski definition) is 1. The molecule has 1 aliphatic rings. The number of rotatable bonds is 4. The molecule has 0 unspecified atom stereocenters. The third-order valence-corrected chi connectivity index (χ3v) is 2.53. The highest BCUT2D eigenvalue weighted by Crippen LogP contribution is 2.27. The zero-order chi connectivity index (χ0) is 11.8. The second-order valence-corrected chi connectivity index (χ2v) is 4.89. The van der Waals surface area contributed by atoms with Crippen LogP contribution < -0.4 is 10.5 Å². The highest BCUT2D eigenvalue weighted by Gasteiger charge is 2.25. The molecule has 1 aliphatic carbocycles. The smallest absolute Gasteiger partial charge is 0.182 e. The van der Waals surface area contributed by atoms with Crippen LogP contribution in [-0.4, -0.2) is 17.4 Å². The van der Waals surface area contributed by atoms with Crippen molar-refractivity contribution in [1.29, 1.82) is 0 Å². The van der Waals surface area contributed by atoms with Gasteiger partial charge in [0, 0.05) is 5.56 Å². The van der Waals surface area contributed by atoms with Crippen LogP contribution in [0, 0.1) is 0 Å². The summed E-state index contributed by atoms with van der Waals surface area (Å²) in [5.74, 6) is 0.777. The number of carbonyl (C=O) groups excluding carboxylic acids is 1. The predicted octanol–water partition coefficient (Wildman–Crippen LogP) is 2.15. The summed E-state index contributed by atoms with van der Waals surface area (Å²) in [5, 5.41) is 0. The average Bonchev–Trinajstić information content (AvgIpc) is 3.00. The Labute approximate surface area is 95.6 Å². The van der Waals surface area contributed by atoms with Gasteiger partial charge in [-0.3, -0.25) is 4.79 Å². The summed E-state index contributed by atoms with van der Waals surface area (Å²) in [7, 11) is 0. The van der Waals surface area contributed by atoms with Gasteiger partial charge in [0.25, 0.3) is 0 Å². The normalized spacial score (nSPS) is 15.9. The number of Topliss-reactive ketones (excluding diaryl/α,β-unsaturated/α-hetero) is 1. The van der Waals surface area contributed by atoms with E-state index in [0.717, 1.165) is 18.6 Å². The van der Waals surface area contributed by atoms with Gasteiger partial charge in [0.1, 0.15) is 5.75 Å². The van der Waals surface area contributed by atoms with Crippen LogP contribution in [0.1, 0.15) is 37.0 Å². The zero-order valence-electron chi connectivity index (χ0n) is 9.69. The van der Waals surface area contributed by atoms with Gasteiger partial charge >= 0.3 is 0 Å². The summed E-state index contributed by atoms with van der Waals surface area (Å²) in [6, 6.07) is 7.21. The van der Waals surface area contributed by atoms with Gasteiger partial charge in [0.2, 0.25) is 0 Å². The first-order chi connectivity index (χ1) is 7.47. The fourth-order valence-corrected chi connectivity index (χ4v) is 1.44. The molecular formula is C13H17NO2. The number of carbonyl (C=O) groups is 1. The van der Waals surface area contributed by atoms with E-state index in [1.165, 1.54) is 0 Å². The molecule has 1 fully saturated rings. The Morgan fingerprint density at radius 2 is 1.88 bits per heavy atom. The van der Waals surface area contributed by atoms with Crippen molar-refractivity contribution in [2.75, 3.05) is 0 Å². The molecule has 3 nitrogen and oxygen atoms in total.